The van der Waals surface area contributed by atoms with Crippen LogP contribution in [-0.2, 0) is 6.54 Å². The van der Waals surface area contributed by atoms with Crippen LogP contribution in [-0.4, -0.2) is 38.8 Å². The molecule has 1 amide bonds. The number of hydrogen-bond donors (Lipinski definition) is 3. The van der Waals surface area contributed by atoms with Crippen LogP contribution in [0.25, 0.3) is 0 Å². The van der Waals surface area contributed by atoms with E-state index < -0.39 is 0 Å². The lowest BCUT2D eigenvalue weighted by Crippen LogP contribution is -2.38. The second-order valence-electron chi connectivity index (χ2n) is 6.16. The largest absolute Gasteiger partial charge is 0.454 e. The highest BCUT2D eigenvalue weighted by atomic mass is 127. The van der Waals surface area contributed by atoms with Gasteiger partial charge in [-0.15, -0.1) is 24.0 Å². The lowest BCUT2D eigenvalue weighted by Gasteiger charge is -2.12. The molecule has 3 N–H and O–H groups in total. The van der Waals surface area contributed by atoms with E-state index in [0.29, 0.717) is 31.2 Å². The predicted octanol–water partition coefficient (Wildman–Crippen LogP) is 3.28. The zero-order valence-electron chi connectivity index (χ0n) is 16.0. The highest BCUT2D eigenvalue weighted by Crippen LogP contribution is 2.32. The van der Waals surface area contributed by atoms with Crippen LogP contribution < -0.4 is 25.4 Å². The van der Waals surface area contributed by atoms with Crippen molar-refractivity contribution in [2.45, 2.75) is 13.0 Å². The number of nitrogens with zero attached hydrogens (tertiary/aromatic N) is 1. The normalized spacial score (nSPS) is 12.1. The van der Waals surface area contributed by atoms with Crippen LogP contribution in [0.15, 0.2) is 51.9 Å². The Hall–Kier alpha value is -2.01. The van der Waals surface area contributed by atoms with E-state index in [2.05, 4.69) is 36.9 Å². The predicted molar refractivity (Wildman–Crippen MR) is 127 cm³/mol. The molecule has 0 atom stereocenters. The first-order valence-electron chi connectivity index (χ1n) is 9.02. The van der Waals surface area contributed by atoms with Crippen LogP contribution in [0.2, 0.25) is 0 Å². The minimum absolute atomic E-state index is 0. The second kappa shape index (κ2) is 11.9. The van der Waals surface area contributed by atoms with Crippen molar-refractivity contribution in [1.82, 2.24) is 16.0 Å². The third kappa shape index (κ3) is 7.07. The van der Waals surface area contributed by atoms with Crippen molar-refractivity contribution >= 4 is 51.8 Å². The molecule has 0 saturated heterocycles. The molecule has 0 spiro atoms. The molecule has 1 heterocycles. The fourth-order valence-electron chi connectivity index (χ4n) is 2.66. The Kier molecular flexibility index (Phi) is 9.52. The highest BCUT2D eigenvalue weighted by molar-refractivity contribution is 14.0. The Labute approximate surface area is 195 Å². The highest BCUT2D eigenvalue weighted by Gasteiger charge is 2.13. The van der Waals surface area contributed by atoms with Gasteiger partial charge in [-0.2, -0.15) is 0 Å². The lowest BCUT2D eigenvalue weighted by atomic mass is 10.2. The van der Waals surface area contributed by atoms with Gasteiger partial charge in [0.2, 0.25) is 6.79 Å². The molecule has 9 heteroatoms. The molecule has 0 aromatic heterocycles. The van der Waals surface area contributed by atoms with Gasteiger partial charge in [0, 0.05) is 36.7 Å². The van der Waals surface area contributed by atoms with Crippen LogP contribution >= 0.6 is 39.9 Å². The van der Waals surface area contributed by atoms with E-state index in [1.54, 1.807) is 19.2 Å². The quantitative estimate of drug-likeness (QED) is 0.205. The number of halogens is 2. The number of amides is 1. The number of ether oxygens (including phenoxy) is 2. The van der Waals surface area contributed by atoms with Crippen LogP contribution in [0.1, 0.15) is 22.3 Å². The summed E-state index contributed by atoms with van der Waals surface area (Å²) in [7, 11) is 1.73. The Bertz CT molecular complexity index is 846. The molecule has 156 valence electrons. The van der Waals surface area contributed by atoms with Crippen molar-refractivity contribution in [3.8, 4) is 11.5 Å². The summed E-state index contributed by atoms with van der Waals surface area (Å²) in [6, 6.07) is 13.1. The van der Waals surface area contributed by atoms with Crippen LogP contribution in [0.5, 0.6) is 11.5 Å². The van der Waals surface area contributed by atoms with Crippen molar-refractivity contribution in [1.29, 1.82) is 0 Å². The summed E-state index contributed by atoms with van der Waals surface area (Å²) in [6.07, 6.45) is 0.785. The molecule has 1 aliphatic heterocycles. The Balaban J connectivity index is 0.00000300. The number of carbonyl (C=O) groups excluding carboxylic acids is 1. The molecule has 0 fully saturated rings. The summed E-state index contributed by atoms with van der Waals surface area (Å²) in [5.74, 6) is 2.18. The number of guanidine groups is 1. The molecule has 7 nitrogen and oxygen atoms in total. The summed E-state index contributed by atoms with van der Waals surface area (Å²) in [5, 5.41) is 9.41. The zero-order valence-corrected chi connectivity index (χ0v) is 20.0. The fourth-order valence-corrected chi connectivity index (χ4v) is 2.92. The number of hydrogen-bond acceptors (Lipinski definition) is 4. The summed E-state index contributed by atoms with van der Waals surface area (Å²) >= 11 is 3.36. The van der Waals surface area contributed by atoms with Crippen molar-refractivity contribution in [2.24, 2.45) is 4.99 Å². The van der Waals surface area contributed by atoms with Gasteiger partial charge in [-0.1, -0.05) is 22.0 Å². The van der Waals surface area contributed by atoms with Crippen LogP contribution in [0.3, 0.4) is 0 Å². The van der Waals surface area contributed by atoms with E-state index in [0.717, 1.165) is 28.0 Å². The minimum Gasteiger partial charge on any atom is -0.454 e. The van der Waals surface area contributed by atoms with E-state index >= 15 is 0 Å². The molecule has 0 saturated carbocycles. The van der Waals surface area contributed by atoms with E-state index in [-0.39, 0.29) is 36.7 Å². The maximum atomic E-state index is 12.0. The first-order valence-corrected chi connectivity index (χ1v) is 9.82. The van der Waals surface area contributed by atoms with Gasteiger partial charge in [0.1, 0.15) is 0 Å². The van der Waals surface area contributed by atoms with Crippen molar-refractivity contribution in [3.05, 3.63) is 58.1 Å². The molecule has 0 bridgehead atoms. The summed E-state index contributed by atoms with van der Waals surface area (Å²) in [5.41, 5.74) is 1.73. The fraction of sp³-hybridized carbons (Fsp3) is 0.300. The molecule has 29 heavy (non-hydrogen) atoms. The van der Waals surface area contributed by atoms with Gasteiger partial charge in [0.05, 0.1) is 0 Å². The number of carbonyl (C=O) groups is 1. The Morgan fingerprint density at radius 1 is 1.03 bits per heavy atom. The molecular weight excluding hydrogens is 551 g/mol. The molecule has 2 aromatic carbocycles. The maximum absolute atomic E-state index is 12.0. The average molecular weight is 575 g/mol. The Morgan fingerprint density at radius 3 is 2.52 bits per heavy atom. The lowest BCUT2D eigenvalue weighted by molar-refractivity contribution is 0.0953. The van der Waals surface area contributed by atoms with Gasteiger partial charge in [-0.25, -0.2) is 0 Å². The number of nitrogens with one attached hydrogen (secondary N) is 3. The van der Waals surface area contributed by atoms with Crippen molar-refractivity contribution < 1.29 is 14.3 Å². The first-order chi connectivity index (χ1) is 13.7. The van der Waals surface area contributed by atoms with Gasteiger partial charge < -0.3 is 25.4 Å². The van der Waals surface area contributed by atoms with E-state index in [1.807, 2.05) is 30.3 Å². The number of aliphatic imine (C=N–C) groups is 1. The summed E-state index contributed by atoms with van der Waals surface area (Å²) < 4.78 is 11.7. The maximum Gasteiger partial charge on any atom is 0.251 e. The number of fused-ring (bicyclic) bond motifs is 1. The molecule has 0 radical (unpaired) electrons. The topological polar surface area (TPSA) is 84.0 Å². The number of rotatable bonds is 7. The monoisotopic (exact) mass is 574 g/mol. The number of benzene rings is 2. The molecule has 1 aliphatic rings. The van der Waals surface area contributed by atoms with Crippen LogP contribution in [0.4, 0.5) is 0 Å². The van der Waals surface area contributed by atoms with Gasteiger partial charge in [0.15, 0.2) is 17.5 Å². The van der Waals surface area contributed by atoms with Gasteiger partial charge in [-0.3, -0.25) is 9.79 Å². The smallest absolute Gasteiger partial charge is 0.251 e. The van der Waals surface area contributed by atoms with Gasteiger partial charge >= 0.3 is 0 Å². The summed E-state index contributed by atoms with van der Waals surface area (Å²) in [6.45, 7) is 2.17. The standard InChI is InChI=1S/C20H23BrN4O3.HI/c1-22-20(25-12-14-3-8-17-18(11-14)28-13-27-17)24-10-2-9-23-19(26)15-4-6-16(21)7-5-15;/h3-8,11H,2,9-10,12-13H2,1H3,(H,23,26)(H2,22,24,25);1H. The molecule has 0 unspecified atom stereocenters. The zero-order chi connectivity index (χ0) is 19.8. The molecule has 0 aliphatic carbocycles. The third-order valence-electron chi connectivity index (χ3n) is 4.16. The summed E-state index contributed by atoms with van der Waals surface area (Å²) in [4.78, 5) is 16.3. The van der Waals surface area contributed by atoms with Crippen molar-refractivity contribution in [2.75, 3.05) is 26.9 Å². The minimum atomic E-state index is -0.0715. The Morgan fingerprint density at radius 2 is 1.76 bits per heavy atom. The first kappa shape index (κ1) is 23.3. The van der Waals surface area contributed by atoms with E-state index in [1.165, 1.54) is 0 Å². The van der Waals surface area contributed by atoms with Gasteiger partial charge in [0.25, 0.3) is 5.91 Å². The van der Waals surface area contributed by atoms with E-state index in [9.17, 15) is 4.79 Å². The SMILES string of the molecule is CN=C(NCCCNC(=O)c1ccc(Br)cc1)NCc1ccc2c(c1)OCO2.I. The molecular formula is C20H24BrIN4O3. The molecule has 3 rings (SSSR count). The van der Waals surface area contributed by atoms with E-state index in [4.69, 9.17) is 9.47 Å². The van der Waals surface area contributed by atoms with Gasteiger partial charge in [-0.05, 0) is 48.4 Å². The molecule has 2 aromatic rings. The average Bonchev–Trinajstić information content (AvgIpc) is 3.18. The third-order valence-corrected chi connectivity index (χ3v) is 4.69. The van der Waals surface area contributed by atoms with Crippen LogP contribution in [0, 0.1) is 0 Å². The second-order valence-corrected chi connectivity index (χ2v) is 7.07. The van der Waals surface area contributed by atoms with Crippen molar-refractivity contribution in [3.63, 3.8) is 0 Å².